The third-order valence-corrected chi connectivity index (χ3v) is 4.60. The van der Waals surface area contributed by atoms with Crippen LogP contribution in [0.15, 0.2) is 79.1 Å². The van der Waals surface area contributed by atoms with Crippen LogP contribution in [0.25, 0.3) is 0 Å². The van der Waals surface area contributed by atoms with E-state index in [4.69, 9.17) is 0 Å². The van der Waals surface area contributed by atoms with Crippen LogP contribution >= 0.6 is 0 Å². The van der Waals surface area contributed by atoms with Crippen LogP contribution in [0.1, 0.15) is 31.8 Å². The summed E-state index contributed by atoms with van der Waals surface area (Å²) in [6, 6.07) is 21.6. The van der Waals surface area contributed by atoms with Crippen LogP contribution < -0.4 is 15.2 Å². The first-order chi connectivity index (χ1) is 14.1. The molecule has 3 rings (SSSR count). The molecule has 3 aromatic rings. The number of pyridine rings is 1. The molecule has 0 bridgehead atoms. The summed E-state index contributed by atoms with van der Waals surface area (Å²) in [6.07, 6.45) is 4.97. The number of nitrogens with zero attached hydrogens (tertiary/aromatic N) is 1. The summed E-state index contributed by atoms with van der Waals surface area (Å²) in [5, 5.41) is 5.84. The molecule has 0 unspecified atom stereocenters. The van der Waals surface area contributed by atoms with E-state index in [1.54, 1.807) is 23.0 Å². The van der Waals surface area contributed by atoms with E-state index in [-0.39, 0.29) is 11.8 Å². The third-order valence-electron chi connectivity index (χ3n) is 4.60. The highest BCUT2D eigenvalue weighted by atomic mass is 16.2. The van der Waals surface area contributed by atoms with Crippen molar-refractivity contribution in [3.8, 4) is 0 Å². The molecule has 0 atom stereocenters. The molecule has 148 valence electrons. The molecule has 5 nitrogen and oxygen atoms in total. The Balaban J connectivity index is 1.55. The molecule has 29 heavy (non-hydrogen) atoms. The van der Waals surface area contributed by atoms with Gasteiger partial charge in [0.15, 0.2) is 12.4 Å². The number of aromatic nitrogens is 1. The number of hydrogen-bond acceptors (Lipinski definition) is 2. The molecule has 0 aliphatic rings. The van der Waals surface area contributed by atoms with Crippen LogP contribution in [0.3, 0.4) is 0 Å². The van der Waals surface area contributed by atoms with Gasteiger partial charge < -0.3 is 10.6 Å². The smallest absolute Gasteiger partial charge is 0.257 e. The molecule has 1 heterocycles. The number of aryl methyl sites for hydroxylation is 1. The molecule has 0 radical (unpaired) electrons. The maximum Gasteiger partial charge on any atom is 0.257 e. The molecule has 0 aliphatic heterocycles. The van der Waals surface area contributed by atoms with Crippen molar-refractivity contribution in [3.63, 3.8) is 0 Å². The van der Waals surface area contributed by atoms with Crippen LogP contribution in [0, 0.1) is 0 Å². The van der Waals surface area contributed by atoms with Gasteiger partial charge >= 0.3 is 0 Å². The summed E-state index contributed by atoms with van der Waals surface area (Å²) < 4.78 is 1.73. The summed E-state index contributed by atoms with van der Waals surface area (Å²) >= 11 is 0. The van der Waals surface area contributed by atoms with Gasteiger partial charge in [-0.25, -0.2) is 4.57 Å². The van der Waals surface area contributed by atoms with Gasteiger partial charge in [0.25, 0.3) is 11.8 Å². The highest BCUT2D eigenvalue weighted by Crippen LogP contribution is 2.04. The van der Waals surface area contributed by atoms with Gasteiger partial charge in [-0.2, -0.15) is 0 Å². The molecule has 2 amide bonds. The summed E-state index contributed by atoms with van der Waals surface area (Å²) in [5.41, 5.74) is 3.28. The second kappa shape index (κ2) is 10.2. The van der Waals surface area contributed by atoms with Crippen LogP contribution in [-0.2, 0) is 19.9 Å². The van der Waals surface area contributed by atoms with E-state index in [1.807, 2.05) is 67.7 Å². The summed E-state index contributed by atoms with van der Waals surface area (Å²) in [7, 11) is 1.81. The summed E-state index contributed by atoms with van der Waals surface area (Å²) in [5.74, 6) is -0.370. The average Bonchev–Trinajstić information content (AvgIpc) is 2.74. The lowest BCUT2D eigenvalue weighted by Crippen LogP contribution is -2.35. The summed E-state index contributed by atoms with van der Waals surface area (Å²) in [4.78, 5) is 25.0. The average molecular weight is 388 g/mol. The van der Waals surface area contributed by atoms with Gasteiger partial charge in [-0.3, -0.25) is 9.59 Å². The van der Waals surface area contributed by atoms with Crippen molar-refractivity contribution in [1.29, 1.82) is 0 Å². The Kier molecular flexibility index (Phi) is 7.11. The Hall–Kier alpha value is -3.47. The number of carbonyl (C=O) groups is 2. The lowest BCUT2D eigenvalue weighted by molar-refractivity contribution is -0.671. The van der Waals surface area contributed by atoms with Gasteiger partial charge in [-0.05, 0) is 30.0 Å². The first kappa shape index (κ1) is 20.3. The van der Waals surface area contributed by atoms with Crippen molar-refractivity contribution >= 4 is 11.8 Å². The lowest BCUT2D eigenvalue weighted by Gasteiger charge is -2.07. The van der Waals surface area contributed by atoms with Crippen molar-refractivity contribution < 1.29 is 14.2 Å². The van der Waals surface area contributed by atoms with E-state index in [2.05, 4.69) is 10.6 Å². The minimum Gasteiger partial charge on any atom is -0.352 e. The van der Waals surface area contributed by atoms with Crippen LogP contribution in [-0.4, -0.2) is 24.9 Å². The predicted molar refractivity (Wildman–Crippen MR) is 113 cm³/mol. The van der Waals surface area contributed by atoms with E-state index in [9.17, 15) is 9.59 Å². The molecule has 1 aromatic heterocycles. The van der Waals surface area contributed by atoms with Gasteiger partial charge in [0.2, 0.25) is 0 Å². The fraction of sp³-hybridized carbons (Fsp3) is 0.208. The number of nitrogens with one attached hydrogen (secondary N) is 2. The third kappa shape index (κ3) is 6.28. The minimum absolute atomic E-state index is 0.185. The molecule has 2 N–H and O–H groups in total. The van der Waals surface area contributed by atoms with Crippen LogP contribution in [0.4, 0.5) is 0 Å². The lowest BCUT2D eigenvalue weighted by atomic mass is 10.1. The van der Waals surface area contributed by atoms with E-state index in [0.29, 0.717) is 24.2 Å². The van der Waals surface area contributed by atoms with Gasteiger partial charge in [0.05, 0.1) is 0 Å². The zero-order chi connectivity index (χ0) is 20.5. The topological polar surface area (TPSA) is 62.1 Å². The largest absolute Gasteiger partial charge is 0.352 e. The van der Waals surface area contributed by atoms with E-state index >= 15 is 0 Å². The Labute approximate surface area is 171 Å². The Morgan fingerprint density at radius 3 is 1.55 bits per heavy atom. The van der Waals surface area contributed by atoms with Gasteiger partial charge in [-0.1, -0.05) is 60.7 Å². The maximum absolute atomic E-state index is 12.5. The molecular formula is C24H26N3O2+. The minimum atomic E-state index is -0.185. The molecule has 0 saturated heterocycles. The monoisotopic (exact) mass is 388 g/mol. The second-order valence-electron chi connectivity index (χ2n) is 6.96. The highest BCUT2D eigenvalue weighted by Gasteiger charge is 2.16. The van der Waals surface area contributed by atoms with Crippen LogP contribution in [0.5, 0.6) is 0 Å². The fourth-order valence-corrected chi connectivity index (χ4v) is 3.10. The number of rotatable bonds is 8. The van der Waals surface area contributed by atoms with Gasteiger partial charge in [-0.15, -0.1) is 0 Å². The number of amides is 2. The van der Waals surface area contributed by atoms with E-state index in [1.165, 1.54) is 11.1 Å². The van der Waals surface area contributed by atoms with E-state index in [0.717, 1.165) is 12.8 Å². The van der Waals surface area contributed by atoms with Crippen molar-refractivity contribution in [2.45, 2.75) is 12.8 Å². The molecule has 0 spiro atoms. The molecule has 0 fully saturated rings. The first-order valence-electron chi connectivity index (χ1n) is 9.76. The Bertz CT molecular complexity index is 881. The van der Waals surface area contributed by atoms with Crippen molar-refractivity contribution in [2.24, 2.45) is 7.05 Å². The molecule has 2 aromatic carbocycles. The molecular weight excluding hydrogens is 362 g/mol. The van der Waals surface area contributed by atoms with Gasteiger partial charge in [0.1, 0.15) is 18.2 Å². The zero-order valence-electron chi connectivity index (χ0n) is 16.6. The van der Waals surface area contributed by atoms with Gasteiger partial charge in [0, 0.05) is 13.1 Å². The second-order valence-corrected chi connectivity index (χ2v) is 6.96. The van der Waals surface area contributed by atoms with Crippen LogP contribution in [0.2, 0.25) is 0 Å². The Morgan fingerprint density at radius 2 is 1.14 bits per heavy atom. The maximum atomic E-state index is 12.5. The molecule has 5 heteroatoms. The van der Waals surface area contributed by atoms with Crippen molar-refractivity contribution in [2.75, 3.05) is 13.1 Å². The van der Waals surface area contributed by atoms with Crippen molar-refractivity contribution in [3.05, 3.63) is 101 Å². The Morgan fingerprint density at radius 1 is 0.724 bits per heavy atom. The number of carbonyl (C=O) groups excluding carboxylic acids is 2. The summed E-state index contributed by atoms with van der Waals surface area (Å²) in [6.45, 7) is 1.08. The zero-order valence-corrected chi connectivity index (χ0v) is 16.6. The standard InChI is InChI=1S/C24H25N3O2/c1-27-17-21(23(28)25-14-12-19-8-4-2-5-9-19)16-22(18-27)24(29)26-15-13-20-10-6-3-7-11-20/h2-11,16-18H,12-15H2,1H3,(H-,25,26,28,29)/p+1. The number of benzene rings is 2. The highest BCUT2D eigenvalue weighted by molar-refractivity contribution is 5.98. The number of hydrogen-bond donors (Lipinski definition) is 2. The quantitative estimate of drug-likeness (QED) is 0.583. The fourth-order valence-electron chi connectivity index (χ4n) is 3.10. The first-order valence-corrected chi connectivity index (χ1v) is 9.76. The SMILES string of the molecule is C[n+]1cc(C(=O)NCCc2ccccc2)cc(C(=O)NCCc2ccccc2)c1. The van der Waals surface area contributed by atoms with E-state index < -0.39 is 0 Å². The molecule has 0 aliphatic carbocycles. The van der Waals surface area contributed by atoms with Crippen molar-refractivity contribution in [1.82, 2.24) is 10.6 Å². The normalized spacial score (nSPS) is 10.4. The predicted octanol–water partition coefficient (Wildman–Crippen LogP) is 2.46. The molecule has 0 saturated carbocycles.